The molecule has 0 aromatic heterocycles. The number of carbonyl (C=O) groups is 1. The van der Waals surface area contributed by atoms with E-state index in [1.54, 1.807) is 7.11 Å². The summed E-state index contributed by atoms with van der Waals surface area (Å²) in [4.78, 5) is 12.6. The molecule has 0 amide bonds. The van der Waals surface area contributed by atoms with E-state index in [1.165, 1.54) is 0 Å². The average Bonchev–Trinajstić information content (AvgIpc) is 2.42. The van der Waals surface area contributed by atoms with Crippen molar-refractivity contribution in [3.63, 3.8) is 0 Å². The molecule has 0 radical (unpaired) electrons. The molecule has 0 spiro atoms. The Morgan fingerprint density at radius 3 is 2.58 bits per heavy atom. The van der Waals surface area contributed by atoms with Crippen LogP contribution in [0.4, 0.5) is 0 Å². The van der Waals surface area contributed by atoms with Crippen LogP contribution in [0.5, 0.6) is 0 Å². The number of hydrogen-bond donors (Lipinski definition) is 0. The molecule has 1 fully saturated rings. The lowest BCUT2D eigenvalue weighted by Crippen LogP contribution is -2.44. The van der Waals surface area contributed by atoms with Crippen molar-refractivity contribution in [3.8, 4) is 0 Å². The van der Waals surface area contributed by atoms with Crippen molar-refractivity contribution >= 4 is 21.7 Å². The zero-order valence-electron chi connectivity index (χ0n) is 11.6. The quantitative estimate of drug-likeness (QED) is 0.831. The molecule has 0 unspecified atom stereocenters. The van der Waals surface area contributed by atoms with Crippen LogP contribution >= 0.6 is 15.9 Å². The van der Waals surface area contributed by atoms with Crippen molar-refractivity contribution in [1.29, 1.82) is 0 Å². The molecule has 0 bridgehead atoms. The average molecular weight is 325 g/mol. The van der Waals surface area contributed by atoms with Crippen molar-refractivity contribution in [2.45, 2.75) is 44.6 Å². The maximum Gasteiger partial charge on any atom is 0.168 e. The van der Waals surface area contributed by atoms with E-state index in [1.807, 2.05) is 24.3 Å². The van der Waals surface area contributed by atoms with Gasteiger partial charge >= 0.3 is 0 Å². The van der Waals surface area contributed by atoms with Gasteiger partial charge in [0.1, 0.15) is 5.60 Å². The first-order valence-electron chi connectivity index (χ1n) is 6.89. The fraction of sp³-hybridized carbons (Fsp3) is 0.562. The Kier molecular flexibility index (Phi) is 4.80. The summed E-state index contributed by atoms with van der Waals surface area (Å²) >= 11 is 3.50. The van der Waals surface area contributed by atoms with Crippen LogP contribution in [-0.2, 0) is 16.0 Å². The van der Waals surface area contributed by atoms with Crippen LogP contribution in [0, 0.1) is 5.92 Å². The minimum atomic E-state index is -0.554. The Balaban J connectivity index is 2.12. The van der Waals surface area contributed by atoms with Crippen LogP contribution in [0.25, 0.3) is 0 Å². The van der Waals surface area contributed by atoms with E-state index in [4.69, 9.17) is 4.74 Å². The maximum absolute atomic E-state index is 12.6. The molecule has 1 aliphatic carbocycles. The number of ether oxygens (including phenoxy) is 1. The van der Waals surface area contributed by atoms with E-state index in [0.717, 1.165) is 35.7 Å². The second kappa shape index (κ2) is 6.19. The lowest BCUT2D eigenvalue weighted by atomic mass is 9.76. The van der Waals surface area contributed by atoms with E-state index in [-0.39, 0.29) is 5.78 Å². The number of ketones is 1. The molecule has 2 rings (SSSR count). The standard InChI is InChI=1S/C16H21BrO2/c1-12-7-9-16(19-2,10-8-12)15(18)11-13-5-3-4-6-14(13)17/h3-6,12H,7-11H2,1-2H3. The first-order valence-corrected chi connectivity index (χ1v) is 7.68. The third kappa shape index (κ3) is 3.26. The summed E-state index contributed by atoms with van der Waals surface area (Å²) in [6, 6.07) is 7.91. The zero-order chi connectivity index (χ0) is 13.9. The Morgan fingerprint density at radius 1 is 1.37 bits per heavy atom. The monoisotopic (exact) mass is 324 g/mol. The normalized spacial score (nSPS) is 27.2. The molecule has 0 N–H and O–H groups in total. The van der Waals surface area contributed by atoms with Crippen LogP contribution in [0.2, 0.25) is 0 Å². The van der Waals surface area contributed by atoms with Crippen LogP contribution < -0.4 is 0 Å². The Bertz CT molecular complexity index is 448. The molecule has 0 saturated heterocycles. The first-order chi connectivity index (χ1) is 9.07. The van der Waals surface area contributed by atoms with Gasteiger partial charge in [-0.2, -0.15) is 0 Å². The number of halogens is 1. The molecule has 0 atom stereocenters. The molecule has 1 aliphatic rings. The highest BCUT2D eigenvalue weighted by Gasteiger charge is 2.40. The summed E-state index contributed by atoms with van der Waals surface area (Å²) < 4.78 is 6.63. The van der Waals surface area contributed by atoms with Gasteiger partial charge < -0.3 is 4.74 Å². The summed E-state index contributed by atoms with van der Waals surface area (Å²) in [5.41, 5.74) is 0.490. The van der Waals surface area contributed by atoms with Gasteiger partial charge in [-0.1, -0.05) is 41.1 Å². The molecule has 0 heterocycles. The Morgan fingerprint density at radius 2 is 2.00 bits per heavy atom. The minimum Gasteiger partial charge on any atom is -0.370 e. The Hall–Kier alpha value is -0.670. The summed E-state index contributed by atoms with van der Waals surface area (Å²) in [5, 5.41) is 0. The molecular weight excluding hydrogens is 304 g/mol. The molecule has 1 aromatic carbocycles. The highest BCUT2D eigenvalue weighted by Crippen LogP contribution is 2.36. The molecule has 1 saturated carbocycles. The number of benzene rings is 1. The van der Waals surface area contributed by atoms with Crippen LogP contribution in [-0.4, -0.2) is 18.5 Å². The summed E-state index contributed by atoms with van der Waals surface area (Å²) in [6.07, 6.45) is 4.32. The van der Waals surface area contributed by atoms with E-state index in [9.17, 15) is 4.79 Å². The van der Waals surface area contributed by atoms with Crippen LogP contribution in [0.1, 0.15) is 38.2 Å². The molecule has 2 nitrogen and oxygen atoms in total. The van der Waals surface area contributed by atoms with E-state index in [0.29, 0.717) is 12.3 Å². The minimum absolute atomic E-state index is 0.216. The molecule has 3 heteroatoms. The fourth-order valence-electron chi connectivity index (χ4n) is 2.80. The van der Waals surface area contributed by atoms with Crippen molar-refractivity contribution in [2.24, 2.45) is 5.92 Å². The number of rotatable bonds is 4. The summed E-state index contributed by atoms with van der Waals surface area (Å²) in [6.45, 7) is 2.25. The van der Waals surface area contributed by atoms with E-state index >= 15 is 0 Å². The summed E-state index contributed by atoms with van der Waals surface area (Å²) in [5.74, 6) is 0.924. The molecule has 19 heavy (non-hydrogen) atoms. The molecular formula is C16H21BrO2. The smallest absolute Gasteiger partial charge is 0.168 e. The maximum atomic E-state index is 12.6. The highest BCUT2D eigenvalue weighted by atomic mass is 79.9. The largest absolute Gasteiger partial charge is 0.370 e. The topological polar surface area (TPSA) is 26.3 Å². The third-order valence-electron chi connectivity index (χ3n) is 4.29. The van der Waals surface area contributed by atoms with Crippen LogP contribution in [0.3, 0.4) is 0 Å². The lowest BCUT2D eigenvalue weighted by Gasteiger charge is -2.37. The van der Waals surface area contributed by atoms with Crippen molar-refractivity contribution in [1.82, 2.24) is 0 Å². The molecule has 104 valence electrons. The predicted octanol–water partition coefficient (Wildman–Crippen LogP) is 4.16. The number of hydrogen-bond acceptors (Lipinski definition) is 2. The zero-order valence-corrected chi connectivity index (χ0v) is 13.2. The lowest BCUT2D eigenvalue weighted by molar-refractivity contribution is -0.145. The summed E-state index contributed by atoms with van der Waals surface area (Å²) in [7, 11) is 1.67. The van der Waals surface area contributed by atoms with Gasteiger partial charge in [-0.25, -0.2) is 0 Å². The van der Waals surface area contributed by atoms with Gasteiger partial charge in [-0.3, -0.25) is 4.79 Å². The van der Waals surface area contributed by atoms with E-state index in [2.05, 4.69) is 22.9 Å². The van der Waals surface area contributed by atoms with Gasteiger partial charge in [-0.05, 0) is 43.2 Å². The second-order valence-electron chi connectivity index (χ2n) is 5.57. The Labute approximate surface area is 123 Å². The predicted molar refractivity (Wildman–Crippen MR) is 80.2 cm³/mol. The van der Waals surface area contributed by atoms with Crippen molar-refractivity contribution in [2.75, 3.05) is 7.11 Å². The van der Waals surface area contributed by atoms with Crippen LogP contribution in [0.15, 0.2) is 28.7 Å². The SMILES string of the molecule is COC1(C(=O)Cc2ccccc2Br)CCC(C)CC1. The number of Topliss-reactive ketones (excluding diaryl/α,β-unsaturated/α-hetero) is 1. The molecule has 0 aliphatic heterocycles. The number of carbonyl (C=O) groups excluding carboxylic acids is 1. The van der Waals surface area contributed by atoms with Gasteiger partial charge in [-0.15, -0.1) is 0 Å². The third-order valence-corrected chi connectivity index (χ3v) is 5.06. The number of methoxy groups -OCH3 is 1. The second-order valence-corrected chi connectivity index (χ2v) is 6.43. The fourth-order valence-corrected chi connectivity index (χ4v) is 3.23. The highest BCUT2D eigenvalue weighted by molar-refractivity contribution is 9.10. The van der Waals surface area contributed by atoms with Gasteiger partial charge in [0, 0.05) is 18.0 Å². The van der Waals surface area contributed by atoms with Crippen molar-refractivity contribution in [3.05, 3.63) is 34.3 Å². The van der Waals surface area contributed by atoms with Crippen molar-refractivity contribution < 1.29 is 9.53 Å². The van der Waals surface area contributed by atoms with Gasteiger partial charge in [0.05, 0.1) is 0 Å². The first kappa shape index (κ1) is 14.7. The van der Waals surface area contributed by atoms with E-state index < -0.39 is 5.60 Å². The van der Waals surface area contributed by atoms with Gasteiger partial charge in [0.2, 0.25) is 0 Å². The van der Waals surface area contributed by atoms with Gasteiger partial charge in [0.15, 0.2) is 5.78 Å². The molecule has 1 aromatic rings. The van der Waals surface area contributed by atoms with Gasteiger partial charge in [0.25, 0.3) is 0 Å².